The molecule has 0 aromatic heterocycles. The molecule has 0 fully saturated rings. The number of unbranched alkanes of at least 4 members (excludes halogenated alkanes) is 33. The van der Waals surface area contributed by atoms with Crippen LogP contribution in [0.1, 0.15) is 316 Å². The molecule has 6 nitrogen and oxygen atoms in total. The first-order valence-corrected chi connectivity index (χ1v) is 32.1. The van der Waals surface area contributed by atoms with Crippen molar-refractivity contribution < 1.29 is 28.6 Å². The van der Waals surface area contributed by atoms with Gasteiger partial charge in [-0.05, 0) is 109 Å². The molecule has 75 heavy (non-hydrogen) atoms. The third-order valence-electron chi connectivity index (χ3n) is 13.8. The lowest BCUT2D eigenvalue weighted by Crippen LogP contribution is -2.30. The third kappa shape index (κ3) is 61.3. The molecule has 1 atom stereocenters. The highest BCUT2D eigenvalue weighted by Gasteiger charge is 2.19. The van der Waals surface area contributed by atoms with Crippen LogP contribution in [0.4, 0.5) is 0 Å². The van der Waals surface area contributed by atoms with Gasteiger partial charge in [-0.2, -0.15) is 0 Å². The molecular weight excluding hydrogens is 925 g/mol. The van der Waals surface area contributed by atoms with E-state index >= 15 is 0 Å². The maximum atomic E-state index is 12.9. The first-order valence-electron chi connectivity index (χ1n) is 32.1. The molecule has 0 aliphatic carbocycles. The Morgan fingerprint density at radius 3 is 0.880 bits per heavy atom. The molecule has 0 aromatic carbocycles. The van der Waals surface area contributed by atoms with E-state index in [2.05, 4.69) is 106 Å². The first kappa shape index (κ1) is 71.6. The van der Waals surface area contributed by atoms with Crippen LogP contribution < -0.4 is 0 Å². The van der Waals surface area contributed by atoms with Gasteiger partial charge >= 0.3 is 17.9 Å². The van der Waals surface area contributed by atoms with Gasteiger partial charge in [0.1, 0.15) is 13.2 Å². The maximum Gasteiger partial charge on any atom is 0.306 e. The lowest BCUT2D eigenvalue weighted by Gasteiger charge is -2.18. The average Bonchev–Trinajstić information content (AvgIpc) is 3.41. The van der Waals surface area contributed by atoms with Crippen molar-refractivity contribution >= 4 is 17.9 Å². The first-order chi connectivity index (χ1) is 37.0. The molecular formula is C69H120O6. The highest BCUT2D eigenvalue weighted by molar-refractivity contribution is 5.71. The largest absolute Gasteiger partial charge is 0.462 e. The molecule has 0 heterocycles. The van der Waals surface area contributed by atoms with Crippen LogP contribution >= 0.6 is 0 Å². The smallest absolute Gasteiger partial charge is 0.306 e. The van der Waals surface area contributed by atoms with Crippen molar-refractivity contribution in [2.45, 2.75) is 322 Å². The topological polar surface area (TPSA) is 78.9 Å². The Bertz CT molecular complexity index is 1430. The van der Waals surface area contributed by atoms with E-state index in [1.165, 1.54) is 173 Å². The SMILES string of the molecule is CC/C=C\C/C=C\C/C=C\C/C=C\C/C=C\CCCCCCCCCCCCCCCC(=O)OCC(COC(=O)CCCCCCC/C=C\CCC)OC(=O)CCCCCCCCC/C=C\CCCCCCCCC. The number of carbonyl (C=O) groups excluding carboxylic acids is 3. The number of allylic oxidation sites excluding steroid dienone is 14. The number of hydrogen-bond acceptors (Lipinski definition) is 6. The van der Waals surface area contributed by atoms with E-state index < -0.39 is 6.10 Å². The fourth-order valence-corrected chi connectivity index (χ4v) is 9.06. The zero-order chi connectivity index (χ0) is 54.3. The predicted octanol–water partition coefficient (Wildman–Crippen LogP) is 21.9. The minimum absolute atomic E-state index is 0.0794. The summed E-state index contributed by atoms with van der Waals surface area (Å²) >= 11 is 0. The van der Waals surface area contributed by atoms with Crippen LogP contribution in [0.25, 0.3) is 0 Å². The Morgan fingerprint density at radius 1 is 0.280 bits per heavy atom. The van der Waals surface area contributed by atoms with Crippen molar-refractivity contribution in [2.75, 3.05) is 13.2 Å². The van der Waals surface area contributed by atoms with E-state index in [1.807, 2.05) is 0 Å². The Kier molecular flexibility index (Phi) is 60.3. The van der Waals surface area contributed by atoms with Crippen molar-refractivity contribution in [1.29, 1.82) is 0 Å². The summed E-state index contributed by atoms with van der Waals surface area (Å²) in [5.74, 6) is -0.885. The summed E-state index contributed by atoms with van der Waals surface area (Å²) in [4.78, 5) is 38.2. The van der Waals surface area contributed by atoms with Crippen molar-refractivity contribution in [1.82, 2.24) is 0 Å². The molecule has 0 N–H and O–H groups in total. The molecule has 0 saturated heterocycles. The molecule has 0 aliphatic rings. The second-order valence-electron chi connectivity index (χ2n) is 21.3. The average molecular weight is 1050 g/mol. The molecule has 0 aromatic rings. The molecule has 1 unspecified atom stereocenters. The number of esters is 3. The number of carbonyl (C=O) groups is 3. The van der Waals surface area contributed by atoms with Gasteiger partial charge in [0.2, 0.25) is 0 Å². The fourth-order valence-electron chi connectivity index (χ4n) is 9.06. The van der Waals surface area contributed by atoms with E-state index in [9.17, 15) is 14.4 Å². The van der Waals surface area contributed by atoms with Gasteiger partial charge in [0.15, 0.2) is 6.10 Å². The van der Waals surface area contributed by atoms with E-state index in [0.717, 1.165) is 103 Å². The molecule has 0 aliphatic heterocycles. The number of rotatable bonds is 58. The molecule has 0 bridgehead atoms. The molecule has 0 saturated carbocycles. The van der Waals surface area contributed by atoms with E-state index in [-0.39, 0.29) is 31.1 Å². The minimum Gasteiger partial charge on any atom is -0.462 e. The summed E-state index contributed by atoms with van der Waals surface area (Å²) < 4.78 is 16.9. The standard InChI is InChI=1S/C69H120O6/c1-4-7-10-13-16-19-22-24-26-28-30-31-32-33-34-35-36-37-38-39-40-42-43-45-47-50-53-56-59-62-68(71)74-65-66(64-73-67(70)61-58-55-52-49-21-18-15-12-9-6-3)75-69(72)63-60-57-54-51-48-46-44-41-29-27-25-23-20-17-14-11-8-5-2/h7,10,12,15-16,19,24,26-27,29-31,33-34,66H,4-6,8-9,11,13-14,17-18,20-23,25,28,32,35-65H2,1-3H3/b10-7-,15-12-,19-16-,26-24-,29-27-,31-30-,34-33-. The van der Waals surface area contributed by atoms with Crippen LogP contribution in [0.3, 0.4) is 0 Å². The molecule has 6 heteroatoms. The van der Waals surface area contributed by atoms with Crippen LogP contribution in [0.5, 0.6) is 0 Å². The van der Waals surface area contributed by atoms with Crippen LogP contribution in [0.2, 0.25) is 0 Å². The minimum atomic E-state index is -0.782. The Balaban J connectivity index is 4.19. The monoisotopic (exact) mass is 1040 g/mol. The van der Waals surface area contributed by atoms with E-state index in [4.69, 9.17) is 14.2 Å². The van der Waals surface area contributed by atoms with Gasteiger partial charge < -0.3 is 14.2 Å². The maximum absolute atomic E-state index is 12.9. The summed E-state index contributed by atoms with van der Waals surface area (Å²) in [5, 5.41) is 0. The van der Waals surface area contributed by atoms with E-state index in [0.29, 0.717) is 19.3 Å². The number of hydrogen-bond donors (Lipinski definition) is 0. The molecule has 432 valence electrons. The van der Waals surface area contributed by atoms with Crippen molar-refractivity contribution in [2.24, 2.45) is 0 Å². The molecule has 0 amide bonds. The van der Waals surface area contributed by atoms with Crippen molar-refractivity contribution in [3.05, 3.63) is 85.1 Å². The normalized spacial score (nSPS) is 12.6. The zero-order valence-electron chi connectivity index (χ0n) is 49.6. The third-order valence-corrected chi connectivity index (χ3v) is 13.8. The quantitative estimate of drug-likeness (QED) is 0.0261. The van der Waals surface area contributed by atoms with Gasteiger partial charge in [0, 0.05) is 19.3 Å². The Hall–Kier alpha value is -3.41. The highest BCUT2D eigenvalue weighted by Crippen LogP contribution is 2.16. The van der Waals surface area contributed by atoms with Crippen LogP contribution in [0, 0.1) is 0 Å². The Morgan fingerprint density at radius 2 is 0.547 bits per heavy atom. The zero-order valence-corrected chi connectivity index (χ0v) is 49.6. The summed E-state index contributed by atoms with van der Waals surface area (Å²) in [5.41, 5.74) is 0. The van der Waals surface area contributed by atoms with Crippen molar-refractivity contribution in [3.63, 3.8) is 0 Å². The summed E-state index contributed by atoms with van der Waals surface area (Å²) in [6.07, 6.45) is 83.2. The van der Waals surface area contributed by atoms with Gasteiger partial charge in [-0.3, -0.25) is 14.4 Å². The lowest BCUT2D eigenvalue weighted by atomic mass is 10.0. The van der Waals surface area contributed by atoms with Gasteiger partial charge in [0.25, 0.3) is 0 Å². The fraction of sp³-hybridized carbons (Fsp3) is 0.754. The van der Waals surface area contributed by atoms with E-state index in [1.54, 1.807) is 0 Å². The second-order valence-corrected chi connectivity index (χ2v) is 21.3. The van der Waals surface area contributed by atoms with Crippen LogP contribution in [0.15, 0.2) is 85.1 Å². The Labute approximate surface area is 465 Å². The van der Waals surface area contributed by atoms with Gasteiger partial charge in [-0.15, -0.1) is 0 Å². The van der Waals surface area contributed by atoms with Crippen molar-refractivity contribution in [3.8, 4) is 0 Å². The second kappa shape index (κ2) is 63.1. The molecule has 0 spiro atoms. The van der Waals surface area contributed by atoms with Gasteiger partial charge in [0.05, 0.1) is 0 Å². The summed E-state index contributed by atoms with van der Waals surface area (Å²) in [7, 11) is 0. The number of ether oxygens (including phenoxy) is 3. The predicted molar refractivity (Wildman–Crippen MR) is 325 cm³/mol. The highest BCUT2D eigenvalue weighted by atomic mass is 16.6. The molecule has 0 rings (SSSR count). The lowest BCUT2D eigenvalue weighted by molar-refractivity contribution is -0.167. The molecule has 0 radical (unpaired) electrons. The summed E-state index contributed by atoms with van der Waals surface area (Å²) in [6, 6.07) is 0. The van der Waals surface area contributed by atoms with Crippen LogP contribution in [-0.4, -0.2) is 37.2 Å². The van der Waals surface area contributed by atoms with Gasteiger partial charge in [-0.25, -0.2) is 0 Å². The van der Waals surface area contributed by atoms with Crippen LogP contribution in [-0.2, 0) is 28.6 Å². The summed E-state index contributed by atoms with van der Waals surface area (Å²) in [6.45, 7) is 6.48. The van der Waals surface area contributed by atoms with Gasteiger partial charge in [-0.1, -0.05) is 273 Å².